The topological polar surface area (TPSA) is 53.2 Å². The predicted molar refractivity (Wildman–Crippen MR) is 88.2 cm³/mol. The molecule has 3 N–H and O–H groups in total. The minimum absolute atomic E-state index is 0.145. The van der Waals surface area contributed by atoms with Crippen LogP contribution in [0, 0.1) is 19.8 Å². The molecule has 1 saturated carbocycles. The van der Waals surface area contributed by atoms with E-state index in [1.807, 2.05) is 0 Å². The number of hydrazine groups is 1. The summed E-state index contributed by atoms with van der Waals surface area (Å²) in [6.07, 6.45) is 5.64. The van der Waals surface area contributed by atoms with Crippen LogP contribution in [-0.4, -0.2) is 18.0 Å². The highest BCUT2D eigenvalue weighted by molar-refractivity contribution is 5.76. The molecule has 1 saturated heterocycles. The monoisotopic (exact) mass is 301 g/mol. The van der Waals surface area contributed by atoms with E-state index in [4.69, 9.17) is 0 Å². The third-order valence-corrected chi connectivity index (χ3v) is 5.39. The molecule has 0 bridgehead atoms. The van der Waals surface area contributed by atoms with E-state index < -0.39 is 0 Å². The molecule has 1 aromatic rings. The molecule has 0 aromatic heterocycles. The van der Waals surface area contributed by atoms with Crippen molar-refractivity contribution < 1.29 is 4.79 Å². The SMILES string of the molecule is Cc1cccc(CNC(=O)CC2NNC3CCCCC32)c1C. The van der Waals surface area contributed by atoms with E-state index in [0.717, 1.165) is 0 Å². The maximum absolute atomic E-state index is 12.3. The fourth-order valence-corrected chi connectivity index (χ4v) is 3.81. The van der Waals surface area contributed by atoms with Crippen LogP contribution in [0.15, 0.2) is 18.2 Å². The summed E-state index contributed by atoms with van der Waals surface area (Å²) in [5.41, 5.74) is 10.5. The van der Waals surface area contributed by atoms with Crippen LogP contribution in [0.2, 0.25) is 0 Å². The number of benzene rings is 1. The molecule has 4 heteroatoms. The summed E-state index contributed by atoms with van der Waals surface area (Å²) in [5, 5.41) is 3.08. The average molecular weight is 301 g/mol. The van der Waals surface area contributed by atoms with E-state index in [-0.39, 0.29) is 11.9 Å². The van der Waals surface area contributed by atoms with Crippen LogP contribution in [0.1, 0.15) is 48.8 Å². The molecule has 22 heavy (non-hydrogen) atoms. The van der Waals surface area contributed by atoms with Gasteiger partial charge in [-0.25, -0.2) is 0 Å². The number of hydrogen-bond donors (Lipinski definition) is 3. The molecule has 1 aliphatic carbocycles. The van der Waals surface area contributed by atoms with Crippen LogP contribution in [0.25, 0.3) is 0 Å². The van der Waals surface area contributed by atoms with Gasteiger partial charge in [0.1, 0.15) is 0 Å². The molecule has 3 unspecified atom stereocenters. The van der Waals surface area contributed by atoms with Crippen LogP contribution in [0.4, 0.5) is 0 Å². The van der Waals surface area contributed by atoms with Gasteiger partial charge in [0.25, 0.3) is 0 Å². The average Bonchev–Trinajstić information content (AvgIpc) is 2.92. The first-order valence-electron chi connectivity index (χ1n) is 8.48. The summed E-state index contributed by atoms with van der Waals surface area (Å²) < 4.78 is 0. The van der Waals surface area contributed by atoms with Gasteiger partial charge in [0, 0.05) is 25.0 Å². The third-order valence-electron chi connectivity index (χ3n) is 5.39. The Labute approximate surface area is 133 Å². The Hall–Kier alpha value is -1.39. The summed E-state index contributed by atoms with van der Waals surface area (Å²) in [6.45, 7) is 4.85. The number of rotatable bonds is 4. The van der Waals surface area contributed by atoms with E-state index in [1.165, 1.54) is 42.4 Å². The summed E-state index contributed by atoms with van der Waals surface area (Å²) in [5.74, 6) is 0.756. The Bertz CT molecular complexity index is 543. The number of carbonyl (C=O) groups excluding carboxylic acids is 1. The van der Waals surface area contributed by atoms with Crippen molar-refractivity contribution in [1.29, 1.82) is 0 Å². The largest absolute Gasteiger partial charge is 0.352 e. The van der Waals surface area contributed by atoms with E-state index in [2.05, 4.69) is 48.2 Å². The van der Waals surface area contributed by atoms with Gasteiger partial charge in [-0.05, 0) is 49.3 Å². The lowest BCUT2D eigenvalue weighted by atomic mass is 9.81. The zero-order valence-corrected chi connectivity index (χ0v) is 13.6. The van der Waals surface area contributed by atoms with Gasteiger partial charge in [0.2, 0.25) is 5.91 Å². The van der Waals surface area contributed by atoms with Crippen molar-refractivity contribution in [2.75, 3.05) is 0 Å². The molecular weight excluding hydrogens is 274 g/mol. The fourth-order valence-electron chi connectivity index (χ4n) is 3.81. The summed E-state index contributed by atoms with van der Waals surface area (Å²) >= 11 is 0. The Balaban J connectivity index is 1.51. The Morgan fingerprint density at radius 2 is 2.05 bits per heavy atom. The van der Waals surface area contributed by atoms with E-state index >= 15 is 0 Å². The van der Waals surface area contributed by atoms with Crippen molar-refractivity contribution in [2.45, 2.75) is 64.6 Å². The van der Waals surface area contributed by atoms with Crippen LogP contribution in [-0.2, 0) is 11.3 Å². The molecule has 2 aliphatic rings. The highest BCUT2D eigenvalue weighted by Crippen LogP contribution is 2.31. The van der Waals surface area contributed by atoms with E-state index in [0.29, 0.717) is 24.9 Å². The number of aryl methyl sites for hydroxylation is 1. The minimum atomic E-state index is 0.145. The third kappa shape index (κ3) is 3.33. The lowest BCUT2D eigenvalue weighted by molar-refractivity contribution is -0.121. The van der Waals surface area contributed by atoms with Crippen molar-refractivity contribution in [2.24, 2.45) is 5.92 Å². The van der Waals surface area contributed by atoms with Crippen LogP contribution < -0.4 is 16.2 Å². The lowest BCUT2D eigenvalue weighted by Crippen LogP contribution is -2.37. The first-order valence-corrected chi connectivity index (χ1v) is 8.48. The molecule has 120 valence electrons. The van der Waals surface area contributed by atoms with Crippen molar-refractivity contribution in [1.82, 2.24) is 16.2 Å². The Morgan fingerprint density at radius 3 is 2.91 bits per heavy atom. The van der Waals surface area contributed by atoms with Gasteiger partial charge in [0.15, 0.2) is 0 Å². The number of fused-ring (bicyclic) bond motifs is 1. The molecule has 3 rings (SSSR count). The zero-order valence-electron chi connectivity index (χ0n) is 13.6. The van der Waals surface area contributed by atoms with Crippen LogP contribution >= 0.6 is 0 Å². The standard InChI is InChI=1S/C18H27N3O/c1-12-6-5-7-14(13(12)2)11-19-18(22)10-17-15-8-3-4-9-16(15)20-21-17/h5-7,15-17,20-21H,3-4,8-11H2,1-2H3,(H,19,22). The van der Waals surface area contributed by atoms with Crippen molar-refractivity contribution in [3.05, 3.63) is 34.9 Å². The van der Waals surface area contributed by atoms with Gasteiger partial charge in [-0.1, -0.05) is 31.0 Å². The normalized spacial score (nSPS) is 27.5. The van der Waals surface area contributed by atoms with Gasteiger partial charge in [-0.15, -0.1) is 0 Å². The van der Waals surface area contributed by atoms with Gasteiger partial charge in [0.05, 0.1) is 0 Å². The summed E-state index contributed by atoms with van der Waals surface area (Å²) in [4.78, 5) is 12.3. The number of carbonyl (C=O) groups is 1. The van der Waals surface area contributed by atoms with Crippen molar-refractivity contribution in [3.8, 4) is 0 Å². The molecule has 1 amide bonds. The molecule has 1 aliphatic heterocycles. The number of hydrogen-bond acceptors (Lipinski definition) is 3. The maximum atomic E-state index is 12.3. The predicted octanol–water partition coefficient (Wildman–Crippen LogP) is 2.34. The number of amides is 1. The molecule has 1 aromatic carbocycles. The van der Waals surface area contributed by atoms with Gasteiger partial charge in [-0.2, -0.15) is 0 Å². The highest BCUT2D eigenvalue weighted by Gasteiger charge is 2.37. The van der Waals surface area contributed by atoms with Gasteiger partial charge >= 0.3 is 0 Å². The molecule has 4 nitrogen and oxygen atoms in total. The first-order chi connectivity index (χ1) is 10.6. The first kappa shape index (κ1) is 15.5. The smallest absolute Gasteiger partial charge is 0.221 e. The lowest BCUT2D eigenvalue weighted by Gasteiger charge is -2.26. The van der Waals surface area contributed by atoms with Gasteiger partial charge < -0.3 is 5.32 Å². The molecule has 2 fully saturated rings. The minimum Gasteiger partial charge on any atom is -0.352 e. The van der Waals surface area contributed by atoms with Crippen LogP contribution in [0.3, 0.4) is 0 Å². The number of nitrogens with one attached hydrogen (secondary N) is 3. The van der Waals surface area contributed by atoms with Gasteiger partial charge in [-0.3, -0.25) is 15.6 Å². The summed E-state index contributed by atoms with van der Waals surface area (Å²) in [7, 11) is 0. The summed E-state index contributed by atoms with van der Waals surface area (Å²) in [6, 6.07) is 7.10. The second kappa shape index (κ2) is 6.80. The quantitative estimate of drug-likeness (QED) is 0.800. The van der Waals surface area contributed by atoms with Crippen molar-refractivity contribution in [3.63, 3.8) is 0 Å². The molecule has 3 atom stereocenters. The second-order valence-electron chi connectivity index (χ2n) is 6.79. The Morgan fingerprint density at radius 1 is 1.23 bits per heavy atom. The fraction of sp³-hybridized carbons (Fsp3) is 0.611. The maximum Gasteiger partial charge on any atom is 0.221 e. The van der Waals surface area contributed by atoms with Crippen molar-refractivity contribution >= 4 is 5.91 Å². The second-order valence-corrected chi connectivity index (χ2v) is 6.79. The molecule has 1 heterocycles. The molecule has 0 radical (unpaired) electrons. The zero-order chi connectivity index (χ0) is 15.5. The van der Waals surface area contributed by atoms with Crippen LogP contribution in [0.5, 0.6) is 0 Å². The highest BCUT2D eigenvalue weighted by atomic mass is 16.1. The van der Waals surface area contributed by atoms with E-state index in [1.54, 1.807) is 0 Å². The molecular formula is C18H27N3O. The molecule has 0 spiro atoms. The Kier molecular flexibility index (Phi) is 4.79. The van der Waals surface area contributed by atoms with E-state index in [9.17, 15) is 4.79 Å².